The van der Waals surface area contributed by atoms with E-state index in [1.54, 1.807) is 12.1 Å². The van der Waals surface area contributed by atoms with Crippen LogP contribution in [0.5, 0.6) is 11.5 Å². The average Bonchev–Trinajstić information content (AvgIpc) is 2.67. The van der Waals surface area contributed by atoms with Crippen LogP contribution in [0.25, 0.3) is 0 Å². The van der Waals surface area contributed by atoms with Crippen LogP contribution in [0.3, 0.4) is 0 Å². The lowest BCUT2D eigenvalue weighted by atomic mass is 10.1. The van der Waals surface area contributed by atoms with E-state index in [4.69, 9.17) is 21.1 Å². The Labute approximate surface area is 170 Å². The molecule has 3 rings (SSSR count). The fraction of sp³-hybridized carbons (Fsp3) is 0.217. The molecule has 5 heteroatoms. The maximum atomic E-state index is 13.4. The Morgan fingerprint density at radius 2 is 1.79 bits per heavy atom. The molecule has 0 aliphatic rings. The first-order chi connectivity index (χ1) is 13.6. The van der Waals surface area contributed by atoms with Crippen molar-refractivity contribution in [1.29, 1.82) is 0 Å². The number of rotatable bonds is 8. The highest BCUT2D eigenvalue weighted by atomic mass is 35.5. The largest absolute Gasteiger partial charge is 0.490 e. The van der Waals surface area contributed by atoms with Crippen LogP contribution in [0.4, 0.5) is 10.1 Å². The van der Waals surface area contributed by atoms with Gasteiger partial charge in [0.25, 0.3) is 0 Å². The lowest BCUT2D eigenvalue weighted by Crippen LogP contribution is -2.04. The topological polar surface area (TPSA) is 30.5 Å². The molecule has 3 aromatic carbocycles. The van der Waals surface area contributed by atoms with E-state index < -0.39 is 0 Å². The minimum Gasteiger partial charge on any atom is -0.490 e. The van der Waals surface area contributed by atoms with Gasteiger partial charge in [0.1, 0.15) is 12.4 Å². The Balaban J connectivity index is 1.76. The fourth-order valence-corrected chi connectivity index (χ4v) is 3.17. The number of hydrogen-bond donors (Lipinski definition) is 1. The summed E-state index contributed by atoms with van der Waals surface area (Å²) in [6, 6.07) is 18.2. The molecular formula is C23H23ClFNO2. The third-order valence-electron chi connectivity index (χ3n) is 4.27. The Morgan fingerprint density at radius 3 is 2.54 bits per heavy atom. The summed E-state index contributed by atoms with van der Waals surface area (Å²) in [5, 5.41) is 3.87. The van der Waals surface area contributed by atoms with Gasteiger partial charge in [0.15, 0.2) is 11.5 Å². The second-order valence-electron chi connectivity index (χ2n) is 6.42. The van der Waals surface area contributed by atoms with Crippen molar-refractivity contribution in [2.45, 2.75) is 27.0 Å². The minimum absolute atomic E-state index is 0.207. The van der Waals surface area contributed by atoms with Crippen LogP contribution in [0.15, 0.2) is 60.7 Å². The van der Waals surface area contributed by atoms with Gasteiger partial charge in [0.05, 0.1) is 11.6 Å². The molecule has 0 aliphatic heterocycles. The maximum absolute atomic E-state index is 13.4. The summed E-state index contributed by atoms with van der Waals surface area (Å²) in [6.07, 6.45) is 0. The molecule has 28 heavy (non-hydrogen) atoms. The van der Waals surface area contributed by atoms with Gasteiger partial charge in [0, 0.05) is 12.2 Å². The first kappa shape index (κ1) is 20.0. The van der Waals surface area contributed by atoms with E-state index in [2.05, 4.69) is 18.3 Å². The first-order valence-corrected chi connectivity index (χ1v) is 9.56. The highest BCUT2D eigenvalue weighted by Crippen LogP contribution is 2.37. The SMILES string of the molecule is CCOc1cc(CNc2ccccc2C)cc(Cl)c1OCc1cccc(F)c1. The van der Waals surface area contributed by atoms with Crippen LogP contribution in [-0.2, 0) is 13.2 Å². The molecule has 0 bridgehead atoms. The molecule has 146 valence electrons. The molecule has 0 saturated carbocycles. The molecule has 3 nitrogen and oxygen atoms in total. The molecule has 0 aromatic heterocycles. The molecule has 0 spiro atoms. The van der Waals surface area contributed by atoms with E-state index in [1.165, 1.54) is 17.7 Å². The number of anilines is 1. The van der Waals surface area contributed by atoms with Crippen molar-refractivity contribution in [3.63, 3.8) is 0 Å². The van der Waals surface area contributed by atoms with Crippen LogP contribution in [0.2, 0.25) is 5.02 Å². The predicted molar refractivity (Wildman–Crippen MR) is 112 cm³/mol. The van der Waals surface area contributed by atoms with Gasteiger partial charge in [-0.3, -0.25) is 0 Å². The highest BCUT2D eigenvalue weighted by Gasteiger charge is 2.13. The lowest BCUT2D eigenvalue weighted by molar-refractivity contribution is 0.269. The van der Waals surface area contributed by atoms with Crippen molar-refractivity contribution in [3.05, 3.63) is 88.2 Å². The Morgan fingerprint density at radius 1 is 0.964 bits per heavy atom. The molecular weight excluding hydrogens is 377 g/mol. The van der Waals surface area contributed by atoms with Crippen molar-refractivity contribution in [3.8, 4) is 11.5 Å². The van der Waals surface area contributed by atoms with Crippen LogP contribution >= 0.6 is 11.6 Å². The van der Waals surface area contributed by atoms with E-state index in [1.807, 2.05) is 37.3 Å². The molecule has 0 fully saturated rings. The van der Waals surface area contributed by atoms with E-state index >= 15 is 0 Å². The van der Waals surface area contributed by atoms with E-state index in [0.29, 0.717) is 29.7 Å². The molecule has 1 N–H and O–H groups in total. The number of para-hydroxylation sites is 1. The second-order valence-corrected chi connectivity index (χ2v) is 6.83. The quantitative estimate of drug-likeness (QED) is 0.477. The Bertz CT molecular complexity index is 946. The number of ether oxygens (including phenoxy) is 2. The van der Waals surface area contributed by atoms with Crippen molar-refractivity contribution < 1.29 is 13.9 Å². The molecule has 3 aromatic rings. The van der Waals surface area contributed by atoms with E-state index in [0.717, 1.165) is 16.8 Å². The van der Waals surface area contributed by atoms with Gasteiger partial charge in [-0.1, -0.05) is 41.9 Å². The molecule has 0 atom stereocenters. The fourth-order valence-electron chi connectivity index (χ4n) is 2.88. The van der Waals surface area contributed by atoms with Crippen LogP contribution in [0, 0.1) is 12.7 Å². The van der Waals surface area contributed by atoms with Crippen molar-refractivity contribution in [2.24, 2.45) is 0 Å². The zero-order chi connectivity index (χ0) is 19.9. The van der Waals surface area contributed by atoms with E-state index in [9.17, 15) is 4.39 Å². The standard InChI is InChI=1S/C23H23ClFNO2/c1-3-27-22-13-18(14-26-21-10-5-4-7-16(21)2)12-20(24)23(22)28-15-17-8-6-9-19(25)11-17/h4-13,26H,3,14-15H2,1-2H3. The summed E-state index contributed by atoms with van der Waals surface area (Å²) in [6.45, 7) is 5.27. The molecule has 0 amide bonds. The Hall–Kier alpha value is -2.72. The molecule has 0 aliphatic carbocycles. The summed E-state index contributed by atoms with van der Waals surface area (Å²) in [5.74, 6) is 0.746. The van der Waals surface area contributed by atoms with Crippen molar-refractivity contribution >= 4 is 17.3 Å². The molecule has 0 heterocycles. The minimum atomic E-state index is -0.296. The van der Waals surface area contributed by atoms with Gasteiger partial charge >= 0.3 is 0 Å². The maximum Gasteiger partial charge on any atom is 0.180 e. The molecule has 0 radical (unpaired) electrons. The van der Waals surface area contributed by atoms with Crippen molar-refractivity contribution in [2.75, 3.05) is 11.9 Å². The second kappa shape index (κ2) is 9.47. The zero-order valence-corrected chi connectivity index (χ0v) is 16.7. The van der Waals surface area contributed by atoms with Gasteiger partial charge in [-0.2, -0.15) is 0 Å². The van der Waals surface area contributed by atoms with Crippen LogP contribution in [-0.4, -0.2) is 6.61 Å². The average molecular weight is 400 g/mol. The number of aryl methyl sites for hydroxylation is 1. The van der Waals surface area contributed by atoms with Gasteiger partial charge < -0.3 is 14.8 Å². The smallest absolute Gasteiger partial charge is 0.180 e. The highest BCUT2D eigenvalue weighted by molar-refractivity contribution is 6.32. The van der Waals surface area contributed by atoms with Crippen LogP contribution in [0.1, 0.15) is 23.6 Å². The van der Waals surface area contributed by atoms with Gasteiger partial charge in [0.2, 0.25) is 0 Å². The number of benzene rings is 3. The van der Waals surface area contributed by atoms with Gasteiger partial charge in [-0.25, -0.2) is 4.39 Å². The summed E-state index contributed by atoms with van der Waals surface area (Å²) in [7, 11) is 0. The summed E-state index contributed by atoms with van der Waals surface area (Å²) >= 11 is 6.47. The van der Waals surface area contributed by atoms with E-state index in [-0.39, 0.29) is 12.4 Å². The lowest BCUT2D eigenvalue weighted by Gasteiger charge is -2.16. The monoisotopic (exact) mass is 399 g/mol. The third-order valence-corrected chi connectivity index (χ3v) is 4.55. The number of nitrogens with one attached hydrogen (secondary N) is 1. The van der Waals surface area contributed by atoms with Gasteiger partial charge in [-0.15, -0.1) is 0 Å². The van der Waals surface area contributed by atoms with Gasteiger partial charge in [-0.05, 0) is 60.9 Å². The summed E-state index contributed by atoms with van der Waals surface area (Å²) < 4.78 is 25.0. The number of hydrogen-bond acceptors (Lipinski definition) is 3. The predicted octanol–water partition coefficient (Wildman–Crippen LogP) is 6.38. The zero-order valence-electron chi connectivity index (χ0n) is 16.0. The molecule has 0 saturated heterocycles. The third kappa shape index (κ3) is 5.17. The summed E-state index contributed by atoms with van der Waals surface area (Å²) in [5.41, 5.74) is 3.95. The number of halogens is 2. The summed E-state index contributed by atoms with van der Waals surface area (Å²) in [4.78, 5) is 0. The normalized spacial score (nSPS) is 10.6. The van der Waals surface area contributed by atoms with Crippen molar-refractivity contribution in [1.82, 2.24) is 0 Å². The molecule has 0 unspecified atom stereocenters. The Kier molecular flexibility index (Phi) is 6.77. The first-order valence-electron chi connectivity index (χ1n) is 9.18. The van der Waals surface area contributed by atoms with Crippen LogP contribution < -0.4 is 14.8 Å².